The van der Waals surface area contributed by atoms with Crippen LogP contribution in [0.5, 0.6) is 11.5 Å². The van der Waals surface area contributed by atoms with E-state index in [4.69, 9.17) is 15.0 Å². The molecular formula is C14H17N2O2P. The zero-order chi connectivity index (χ0) is 13.7. The van der Waals surface area contributed by atoms with Gasteiger partial charge >= 0.3 is 0 Å². The molecule has 100 valence electrons. The van der Waals surface area contributed by atoms with Crippen LogP contribution in [0, 0.1) is 0 Å². The summed E-state index contributed by atoms with van der Waals surface area (Å²) in [7, 11) is 0.864. The molecule has 0 radical (unpaired) electrons. The van der Waals surface area contributed by atoms with Crippen LogP contribution in [0.25, 0.3) is 0 Å². The van der Waals surface area contributed by atoms with Gasteiger partial charge in [-0.05, 0) is 48.5 Å². The Morgan fingerprint density at radius 3 is 2.11 bits per heavy atom. The molecule has 3 N–H and O–H groups in total. The van der Waals surface area contributed by atoms with E-state index < -0.39 is 8.30 Å². The molecule has 0 saturated heterocycles. The van der Waals surface area contributed by atoms with E-state index in [2.05, 4.69) is 5.09 Å². The Kier molecular flexibility index (Phi) is 4.48. The first-order valence-corrected chi connectivity index (χ1v) is 7.56. The molecule has 0 aliphatic carbocycles. The van der Waals surface area contributed by atoms with Gasteiger partial charge in [0.05, 0.1) is 7.11 Å². The van der Waals surface area contributed by atoms with Crippen molar-refractivity contribution < 1.29 is 9.26 Å². The number of benzene rings is 2. The number of anilines is 2. The van der Waals surface area contributed by atoms with Crippen LogP contribution in [0.3, 0.4) is 0 Å². The van der Waals surface area contributed by atoms with Crippen LogP contribution in [-0.2, 0) is 0 Å². The number of rotatable bonds is 5. The molecule has 0 aromatic heterocycles. The largest absolute Gasteiger partial charge is 0.497 e. The highest BCUT2D eigenvalue weighted by molar-refractivity contribution is 7.53. The van der Waals surface area contributed by atoms with Crippen molar-refractivity contribution in [3.8, 4) is 11.5 Å². The monoisotopic (exact) mass is 276 g/mol. The Morgan fingerprint density at radius 2 is 1.53 bits per heavy atom. The van der Waals surface area contributed by atoms with Crippen LogP contribution < -0.4 is 20.1 Å². The average Bonchev–Trinajstić information content (AvgIpc) is 2.42. The fourth-order valence-corrected chi connectivity index (χ4v) is 2.55. The predicted octanol–water partition coefficient (Wildman–Crippen LogP) is 3.71. The quantitative estimate of drug-likeness (QED) is 0.645. The lowest BCUT2D eigenvalue weighted by Gasteiger charge is -2.16. The van der Waals surface area contributed by atoms with E-state index in [0.717, 1.165) is 22.9 Å². The van der Waals surface area contributed by atoms with E-state index in [1.165, 1.54) is 0 Å². The third-order valence-electron chi connectivity index (χ3n) is 2.50. The third-order valence-corrected chi connectivity index (χ3v) is 3.56. The van der Waals surface area contributed by atoms with Gasteiger partial charge in [0.15, 0.2) is 8.30 Å². The maximum Gasteiger partial charge on any atom is 0.186 e. The highest BCUT2D eigenvalue weighted by Crippen LogP contribution is 2.35. The van der Waals surface area contributed by atoms with Gasteiger partial charge in [-0.2, -0.15) is 0 Å². The van der Waals surface area contributed by atoms with E-state index in [-0.39, 0.29) is 0 Å². The zero-order valence-corrected chi connectivity index (χ0v) is 11.9. The van der Waals surface area contributed by atoms with Gasteiger partial charge in [0, 0.05) is 18.0 Å². The molecule has 0 saturated carbocycles. The van der Waals surface area contributed by atoms with Crippen LogP contribution in [0.2, 0.25) is 0 Å². The molecule has 5 heteroatoms. The summed E-state index contributed by atoms with van der Waals surface area (Å²) in [4.78, 5) is 0. The van der Waals surface area contributed by atoms with Gasteiger partial charge in [0.1, 0.15) is 11.5 Å². The molecule has 2 rings (SSSR count). The van der Waals surface area contributed by atoms with E-state index in [0.29, 0.717) is 0 Å². The molecule has 0 bridgehead atoms. The van der Waals surface area contributed by atoms with E-state index >= 15 is 0 Å². The van der Waals surface area contributed by atoms with Crippen LogP contribution in [0.1, 0.15) is 0 Å². The first-order valence-electron chi connectivity index (χ1n) is 5.85. The molecular weight excluding hydrogens is 259 g/mol. The molecule has 0 spiro atoms. The van der Waals surface area contributed by atoms with Gasteiger partial charge in [0.25, 0.3) is 0 Å². The molecule has 2 aromatic carbocycles. The first-order chi connectivity index (χ1) is 9.17. The normalized spacial score (nSPS) is 11.7. The molecule has 19 heavy (non-hydrogen) atoms. The highest BCUT2D eigenvalue weighted by atomic mass is 31.2. The van der Waals surface area contributed by atoms with Crippen LogP contribution >= 0.6 is 8.30 Å². The van der Waals surface area contributed by atoms with Crippen molar-refractivity contribution in [1.29, 1.82) is 0 Å². The van der Waals surface area contributed by atoms with E-state index in [9.17, 15) is 0 Å². The number of nitrogens with one attached hydrogen (secondary N) is 1. The molecule has 0 fully saturated rings. The number of hydrogen-bond acceptors (Lipinski definition) is 4. The van der Waals surface area contributed by atoms with Crippen molar-refractivity contribution in [2.75, 3.05) is 24.6 Å². The number of hydrogen-bond donors (Lipinski definition) is 2. The second-order valence-electron chi connectivity index (χ2n) is 4.00. The lowest BCUT2D eigenvalue weighted by Crippen LogP contribution is -1.97. The smallest absolute Gasteiger partial charge is 0.186 e. The Labute approximate surface area is 114 Å². The molecule has 0 aliphatic heterocycles. The van der Waals surface area contributed by atoms with Gasteiger partial charge in [-0.1, -0.05) is 0 Å². The maximum atomic E-state index is 5.80. The maximum absolute atomic E-state index is 5.80. The first kappa shape index (κ1) is 13.5. The van der Waals surface area contributed by atoms with Crippen molar-refractivity contribution in [2.24, 2.45) is 0 Å². The number of ether oxygens (including phenoxy) is 1. The lowest BCUT2D eigenvalue weighted by molar-refractivity contribution is 0.415. The van der Waals surface area contributed by atoms with Gasteiger partial charge in [0.2, 0.25) is 0 Å². The third kappa shape index (κ3) is 4.04. The second kappa shape index (κ2) is 6.30. The lowest BCUT2D eigenvalue weighted by atomic mass is 10.3. The van der Waals surface area contributed by atoms with Crippen LogP contribution in [0.15, 0.2) is 48.5 Å². The zero-order valence-electron chi connectivity index (χ0n) is 11.0. The minimum Gasteiger partial charge on any atom is -0.497 e. The van der Waals surface area contributed by atoms with Crippen molar-refractivity contribution in [1.82, 2.24) is 0 Å². The average molecular weight is 276 g/mol. The summed E-state index contributed by atoms with van der Waals surface area (Å²) < 4.78 is 10.9. The van der Waals surface area contributed by atoms with Gasteiger partial charge in [-0.25, -0.2) is 0 Å². The Bertz CT molecular complexity index is 514. The Morgan fingerprint density at radius 1 is 0.947 bits per heavy atom. The minimum atomic E-state index is -0.788. The molecule has 0 aliphatic rings. The summed E-state index contributed by atoms with van der Waals surface area (Å²) in [6.45, 7) is 2.01. The Balaban J connectivity index is 1.92. The summed E-state index contributed by atoms with van der Waals surface area (Å²) >= 11 is 0. The van der Waals surface area contributed by atoms with E-state index in [1.54, 1.807) is 7.11 Å². The molecule has 1 atom stereocenters. The van der Waals surface area contributed by atoms with Crippen molar-refractivity contribution >= 4 is 19.7 Å². The number of nitrogens with two attached hydrogens (primary N) is 1. The van der Waals surface area contributed by atoms with Gasteiger partial charge in [-0.15, -0.1) is 0 Å². The number of methoxy groups -OCH3 is 1. The molecule has 1 unspecified atom stereocenters. The second-order valence-corrected chi connectivity index (χ2v) is 5.40. The predicted molar refractivity (Wildman–Crippen MR) is 80.9 cm³/mol. The summed E-state index contributed by atoms with van der Waals surface area (Å²) in [5.41, 5.74) is 7.37. The minimum absolute atomic E-state index is 0.732. The van der Waals surface area contributed by atoms with Crippen molar-refractivity contribution in [3.63, 3.8) is 0 Å². The summed E-state index contributed by atoms with van der Waals surface area (Å²) in [5.74, 6) is 1.65. The molecule has 0 amide bonds. The van der Waals surface area contributed by atoms with Crippen molar-refractivity contribution in [2.45, 2.75) is 0 Å². The molecule has 0 heterocycles. The van der Waals surface area contributed by atoms with Crippen LogP contribution in [0.4, 0.5) is 11.4 Å². The molecule has 2 aromatic rings. The fourth-order valence-electron chi connectivity index (χ4n) is 1.56. The van der Waals surface area contributed by atoms with E-state index in [1.807, 2.05) is 55.2 Å². The van der Waals surface area contributed by atoms with Gasteiger partial charge < -0.3 is 20.1 Å². The standard InChI is InChI=1S/C14H17N2O2P/c1-17-13-9-5-12(6-10-13)16-19(2)18-14-7-3-11(15)4-8-14/h3-10,16H,15H2,1-2H3. The van der Waals surface area contributed by atoms with Crippen molar-refractivity contribution in [3.05, 3.63) is 48.5 Å². The molecule has 4 nitrogen and oxygen atoms in total. The van der Waals surface area contributed by atoms with Crippen LogP contribution in [-0.4, -0.2) is 13.8 Å². The Hall–Kier alpha value is -1.93. The van der Waals surface area contributed by atoms with Gasteiger partial charge in [-0.3, -0.25) is 0 Å². The topological polar surface area (TPSA) is 56.5 Å². The summed E-state index contributed by atoms with van der Waals surface area (Å²) in [6, 6.07) is 15.1. The fraction of sp³-hybridized carbons (Fsp3) is 0.143. The number of nitrogen functional groups attached to an aromatic ring is 1. The SMILES string of the molecule is COc1ccc(NP(C)Oc2ccc(N)cc2)cc1. The summed E-state index contributed by atoms with van der Waals surface area (Å²) in [5, 5.41) is 3.31. The highest BCUT2D eigenvalue weighted by Gasteiger charge is 2.04. The summed E-state index contributed by atoms with van der Waals surface area (Å²) in [6.07, 6.45) is 0.